The Balaban J connectivity index is 1.43. The van der Waals surface area contributed by atoms with Crippen LogP contribution < -0.4 is 10.1 Å². The van der Waals surface area contributed by atoms with Gasteiger partial charge in [-0.05, 0) is 19.2 Å². The van der Waals surface area contributed by atoms with Crippen LogP contribution in [0.4, 0.5) is 4.39 Å². The van der Waals surface area contributed by atoms with Crippen LogP contribution in [0.3, 0.4) is 0 Å². The first kappa shape index (κ1) is 18.6. The Morgan fingerprint density at radius 2 is 1.93 bits per heavy atom. The zero-order chi connectivity index (χ0) is 19.1. The molecule has 1 spiro atoms. The molecule has 7 nitrogen and oxygen atoms in total. The number of nitrogens with one attached hydrogen (secondary N) is 1. The van der Waals surface area contributed by atoms with Gasteiger partial charge < -0.3 is 14.8 Å². The lowest BCUT2D eigenvalue weighted by atomic mass is 9.84. The van der Waals surface area contributed by atoms with Crippen LogP contribution >= 0.6 is 0 Å². The van der Waals surface area contributed by atoms with Crippen molar-refractivity contribution >= 4 is 15.8 Å². The summed E-state index contributed by atoms with van der Waals surface area (Å²) in [6, 6.07) is 2.86. The van der Waals surface area contributed by atoms with Crippen molar-refractivity contribution in [3.8, 4) is 5.75 Å². The quantitative estimate of drug-likeness (QED) is 0.747. The topological polar surface area (TPSA) is 84.9 Å². The molecule has 0 aromatic heterocycles. The Hall–Kier alpha value is -1.71. The summed E-state index contributed by atoms with van der Waals surface area (Å²) in [5.41, 5.74) is -0.266. The van der Waals surface area contributed by atoms with E-state index in [9.17, 15) is 17.6 Å². The normalized spacial score (nSPS) is 23.8. The van der Waals surface area contributed by atoms with E-state index in [-0.39, 0.29) is 17.1 Å². The molecule has 3 heterocycles. The van der Waals surface area contributed by atoms with Gasteiger partial charge in [0, 0.05) is 44.1 Å². The number of carbonyl (C=O) groups excluding carboxylic acids is 1. The molecule has 1 aromatic carbocycles. The fraction of sp³-hybridized carbons (Fsp3) is 0.611. The molecule has 0 aliphatic carbocycles. The van der Waals surface area contributed by atoms with Crippen LogP contribution in [-0.2, 0) is 20.2 Å². The molecule has 148 valence electrons. The van der Waals surface area contributed by atoms with Crippen LogP contribution in [0, 0.1) is 5.82 Å². The van der Waals surface area contributed by atoms with Crippen LogP contribution in [0.5, 0.6) is 5.75 Å². The number of benzene rings is 1. The Morgan fingerprint density at radius 3 is 2.63 bits per heavy atom. The molecular weight excluding hydrogens is 375 g/mol. The minimum Gasteiger partial charge on any atom is -0.492 e. The summed E-state index contributed by atoms with van der Waals surface area (Å²) in [5.74, 6) is -0.373. The number of rotatable bonds is 4. The van der Waals surface area contributed by atoms with Crippen molar-refractivity contribution < 1.29 is 27.1 Å². The molecule has 2 fully saturated rings. The highest BCUT2D eigenvalue weighted by atomic mass is 32.2. The highest BCUT2D eigenvalue weighted by Crippen LogP contribution is 2.45. The van der Waals surface area contributed by atoms with E-state index in [1.165, 1.54) is 6.07 Å². The largest absolute Gasteiger partial charge is 0.492 e. The number of sulfone groups is 1. The van der Waals surface area contributed by atoms with Crippen LogP contribution in [0.25, 0.3) is 0 Å². The van der Waals surface area contributed by atoms with Crippen molar-refractivity contribution in [2.75, 3.05) is 50.8 Å². The maximum atomic E-state index is 14.8. The van der Waals surface area contributed by atoms with Gasteiger partial charge in [-0.2, -0.15) is 0 Å². The summed E-state index contributed by atoms with van der Waals surface area (Å²) in [5, 5.41) is 3.20. The van der Waals surface area contributed by atoms with Crippen molar-refractivity contribution in [3.05, 3.63) is 29.1 Å². The number of halogens is 1. The van der Waals surface area contributed by atoms with Crippen LogP contribution in [-0.4, -0.2) is 70.1 Å². The highest BCUT2D eigenvalue weighted by Gasteiger charge is 2.48. The van der Waals surface area contributed by atoms with Crippen molar-refractivity contribution in [1.29, 1.82) is 0 Å². The lowest BCUT2D eigenvalue weighted by Crippen LogP contribution is -2.42. The van der Waals surface area contributed by atoms with E-state index in [0.29, 0.717) is 63.5 Å². The molecule has 1 N–H and O–H groups in total. The molecule has 2 saturated heterocycles. The lowest BCUT2D eigenvalue weighted by Gasteiger charge is -2.33. The van der Waals surface area contributed by atoms with E-state index >= 15 is 0 Å². The number of carbonyl (C=O) groups is 1. The second-order valence-corrected chi connectivity index (χ2v) is 9.61. The lowest BCUT2D eigenvalue weighted by molar-refractivity contribution is -0.0255. The van der Waals surface area contributed by atoms with Gasteiger partial charge in [0.1, 0.15) is 23.8 Å². The third kappa shape index (κ3) is 3.68. The SMILES string of the molecule is O=C1OC2(CCNCC2)c2c(F)cc(OCCN3CCS(=O)(=O)CC3)cc21. The Labute approximate surface area is 157 Å². The number of piperidine rings is 1. The highest BCUT2D eigenvalue weighted by molar-refractivity contribution is 7.91. The molecule has 0 unspecified atom stereocenters. The molecule has 1 aromatic rings. The van der Waals surface area contributed by atoms with Crippen molar-refractivity contribution in [1.82, 2.24) is 10.2 Å². The van der Waals surface area contributed by atoms with Gasteiger partial charge >= 0.3 is 5.97 Å². The van der Waals surface area contributed by atoms with Gasteiger partial charge in [-0.15, -0.1) is 0 Å². The molecular formula is C18H23FN2O5S. The molecule has 3 aliphatic heterocycles. The summed E-state index contributed by atoms with van der Waals surface area (Å²) in [7, 11) is -2.91. The van der Waals surface area contributed by atoms with Crippen LogP contribution in [0.15, 0.2) is 12.1 Å². The van der Waals surface area contributed by atoms with Gasteiger partial charge in [-0.3, -0.25) is 4.90 Å². The van der Waals surface area contributed by atoms with E-state index < -0.39 is 27.2 Å². The molecule has 0 atom stereocenters. The van der Waals surface area contributed by atoms with Crippen molar-refractivity contribution in [3.63, 3.8) is 0 Å². The average Bonchev–Trinajstić information content (AvgIpc) is 2.89. The van der Waals surface area contributed by atoms with Crippen molar-refractivity contribution in [2.45, 2.75) is 18.4 Å². The minimum absolute atomic E-state index is 0.156. The standard InChI is InChI=1S/C18H23FN2O5S/c19-15-12-13(25-8-5-21-6-9-27(23,24)10-7-21)11-14-16(15)18(26-17(14)22)1-3-20-4-2-18/h11-12,20H,1-10H2. The van der Waals surface area contributed by atoms with Gasteiger partial charge in [0.15, 0.2) is 9.84 Å². The summed E-state index contributed by atoms with van der Waals surface area (Å²) >= 11 is 0. The Bertz CT molecular complexity index is 838. The molecule has 0 saturated carbocycles. The minimum atomic E-state index is -2.91. The van der Waals surface area contributed by atoms with Gasteiger partial charge in [0.2, 0.25) is 0 Å². The number of ether oxygens (including phenoxy) is 2. The van der Waals surface area contributed by atoms with Crippen molar-refractivity contribution in [2.24, 2.45) is 0 Å². The molecule has 3 aliphatic rings. The average molecular weight is 398 g/mol. The maximum absolute atomic E-state index is 14.8. The van der Waals surface area contributed by atoms with E-state index in [4.69, 9.17) is 9.47 Å². The number of hydrogen-bond donors (Lipinski definition) is 1. The summed E-state index contributed by atoms with van der Waals surface area (Å²) in [6.07, 6.45) is 1.11. The van der Waals surface area contributed by atoms with E-state index in [1.807, 2.05) is 4.90 Å². The van der Waals surface area contributed by atoms with Crippen LogP contribution in [0.2, 0.25) is 0 Å². The first-order chi connectivity index (χ1) is 12.9. The Kier molecular flexibility index (Phi) is 4.85. The fourth-order valence-corrected chi connectivity index (χ4v) is 5.30. The van der Waals surface area contributed by atoms with E-state index in [0.717, 1.165) is 0 Å². The zero-order valence-corrected chi connectivity index (χ0v) is 15.8. The molecule has 0 radical (unpaired) electrons. The number of esters is 1. The maximum Gasteiger partial charge on any atom is 0.339 e. The number of hydrogen-bond acceptors (Lipinski definition) is 7. The van der Waals surface area contributed by atoms with Gasteiger partial charge in [-0.1, -0.05) is 0 Å². The van der Waals surface area contributed by atoms with Gasteiger partial charge in [-0.25, -0.2) is 17.6 Å². The second-order valence-electron chi connectivity index (χ2n) is 7.30. The first-order valence-electron chi connectivity index (χ1n) is 9.22. The predicted molar refractivity (Wildman–Crippen MR) is 96.2 cm³/mol. The molecule has 27 heavy (non-hydrogen) atoms. The smallest absolute Gasteiger partial charge is 0.339 e. The number of nitrogens with zero attached hydrogens (tertiary/aromatic N) is 1. The monoisotopic (exact) mass is 398 g/mol. The third-order valence-corrected chi connectivity index (χ3v) is 7.16. The van der Waals surface area contributed by atoms with Crippen LogP contribution in [0.1, 0.15) is 28.8 Å². The molecule has 0 bridgehead atoms. The second kappa shape index (κ2) is 7.03. The van der Waals surface area contributed by atoms with Gasteiger partial charge in [0.25, 0.3) is 0 Å². The molecule has 9 heteroatoms. The van der Waals surface area contributed by atoms with Gasteiger partial charge in [0.05, 0.1) is 17.1 Å². The summed E-state index contributed by atoms with van der Waals surface area (Å²) < 4.78 is 48.9. The summed E-state index contributed by atoms with van der Waals surface area (Å²) in [4.78, 5) is 14.3. The number of fused-ring (bicyclic) bond motifs is 2. The van der Waals surface area contributed by atoms with E-state index in [2.05, 4.69) is 5.32 Å². The fourth-order valence-electron chi connectivity index (χ4n) is 4.02. The summed E-state index contributed by atoms with van der Waals surface area (Å²) in [6.45, 7) is 3.16. The van der Waals surface area contributed by atoms with E-state index in [1.54, 1.807) is 6.07 Å². The predicted octanol–water partition coefficient (Wildman–Crippen LogP) is 0.684. The Morgan fingerprint density at radius 1 is 1.22 bits per heavy atom. The zero-order valence-electron chi connectivity index (χ0n) is 15.0. The molecule has 0 amide bonds. The first-order valence-corrected chi connectivity index (χ1v) is 11.0. The third-order valence-electron chi connectivity index (χ3n) is 5.55. The molecule has 4 rings (SSSR count).